The van der Waals surface area contributed by atoms with E-state index < -0.39 is 0 Å². The van der Waals surface area contributed by atoms with Gasteiger partial charge < -0.3 is 4.90 Å². The monoisotopic (exact) mass is 397 g/mol. The first kappa shape index (κ1) is 18.8. The van der Waals surface area contributed by atoms with Gasteiger partial charge in [-0.3, -0.25) is 14.6 Å². The van der Waals surface area contributed by atoms with Crippen molar-refractivity contribution in [3.8, 4) is 5.69 Å². The molecule has 1 aromatic carbocycles. The molecule has 3 aliphatic rings. The Labute approximate surface area is 170 Å². The zero-order chi connectivity index (χ0) is 19.8. The second-order valence-electron chi connectivity index (χ2n) is 8.47. The van der Waals surface area contributed by atoms with E-state index in [1.165, 1.54) is 31.4 Å². The van der Waals surface area contributed by atoms with Crippen molar-refractivity contribution in [3.05, 3.63) is 47.5 Å². The Morgan fingerprint density at radius 2 is 1.83 bits per heavy atom. The van der Waals surface area contributed by atoms with Gasteiger partial charge >= 0.3 is 0 Å². The lowest BCUT2D eigenvalue weighted by Gasteiger charge is -2.43. The van der Waals surface area contributed by atoms with E-state index in [0.29, 0.717) is 6.54 Å². The third kappa shape index (κ3) is 3.81. The van der Waals surface area contributed by atoms with Crippen molar-refractivity contribution >= 4 is 5.91 Å². The highest BCUT2D eigenvalue weighted by molar-refractivity contribution is 5.78. The quantitative estimate of drug-likeness (QED) is 0.792. The maximum atomic E-state index is 13.2. The summed E-state index contributed by atoms with van der Waals surface area (Å²) >= 11 is 0. The van der Waals surface area contributed by atoms with Crippen LogP contribution in [0.15, 0.2) is 30.5 Å². The standard InChI is InChI=1S/C22H28FN5O/c23-18-4-6-20(7-5-18)28-21-8-9-25(15-17(21)14-24-28)16-22(29)27-12-10-26(11-13-27)19-2-1-3-19/h4-7,14,19H,1-3,8-13,15-16H2. The van der Waals surface area contributed by atoms with Gasteiger partial charge in [-0.05, 0) is 37.1 Å². The molecule has 0 atom stereocenters. The summed E-state index contributed by atoms with van der Waals surface area (Å²) in [5, 5.41) is 4.51. The van der Waals surface area contributed by atoms with Crippen molar-refractivity contribution in [2.45, 2.75) is 38.3 Å². The summed E-state index contributed by atoms with van der Waals surface area (Å²) in [6, 6.07) is 7.19. The average molecular weight is 397 g/mol. The van der Waals surface area contributed by atoms with E-state index in [2.05, 4.69) is 14.9 Å². The third-order valence-electron chi connectivity index (χ3n) is 6.70. The number of fused-ring (bicyclic) bond motifs is 1. The summed E-state index contributed by atoms with van der Waals surface area (Å²) in [4.78, 5) is 19.6. The van der Waals surface area contributed by atoms with Gasteiger partial charge in [0.05, 0.1) is 18.4 Å². The van der Waals surface area contributed by atoms with Gasteiger partial charge in [0.25, 0.3) is 0 Å². The van der Waals surface area contributed by atoms with Crippen LogP contribution in [0.3, 0.4) is 0 Å². The van der Waals surface area contributed by atoms with E-state index in [1.54, 1.807) is 12.1 Å². The number of aromatic nitrogens is 2. The number of carbonyl (C=O) groups is 1. The van der Waals surface area contributed by atoms with Crippen LogP contribution >= 0.6 is 0 Å². The number of benzene rings is 1. The molecule has 29 heavy (non-hydrogen) atoms. The number of rotatable bonds is 4. The largest absolute Gasteiger partial charge is 0.339 e. The Balaban J connectivity index is 1.17. The number of carbonyl (C=O) groups excluding carboxylic acids is 1. The highest BCUT2D eigenvalue weighted by atomic mass is 19.1. The predicted octanol–water partition coefficient (Wildman–Crippen LogP) is 2.07. The fourth-order valence-electron chi connectivity index (χ4n) is 4.71. The Hall–Kier alpha value is -2.25. The average Bonchev–Trinajstić information content (AvgIpc) is 3.11. The molecule has 1 aliphatic carbocycles. The fourth-order valence-corrected chi connectivity index (χ4v) is 4.71. The van der Waals surface area contributed by atoms with Crippen molar-refractivity contribution in [1.82, 2.24) is 24.5 Å². The summed E-state index contributed by atoms with van der Waals surface area (Å²) in [5.74, 6) is 0.000572. The van der Waals surface area contributed by atoms with Crippen LogP contribution in [0.2, 0.25) is 0 Å². The Kier molecular flexibility index (Phi) is 5.09. The van der Waals surface area contributed by atoms with Crippen molar-refractivity contribution in [2.24, 2.45) is 0 Å². The van der Waals surface area contributed by atoms with Gasteiger partial charge in [-0.2, -0.15) is 5.10 Å². The molecule has 1 aromatic heterocycles. The first-order chi connectivity index (χ1) is 14.2. The molecular weight excluding hydrogens is 369 g/mol. The Morgan fingerprint density at radius 1 is 1.07 bits per heavy atom. The Bertz CT molecular complexity index is 868. The minimum Gasteiger partial charge on any atom is -0.339 e. The van der Waals surface area contributed by atoms with Crippen LogP contribution < -0.4 is 0 Å². The van der Waals surface area contributed by atoms with Crippen LogP contribution in [-0.2, 0) is 17.8 Å². The highest BCUT2D eigenvalue weighted by Gasteiger charge is 2.30. The van der Waals surface area contributed by atoms with Gasteiger partial charge in [0.15, 0.2) is 0 Å². The van der Waals surface area contributed by atoms with E-state index >= 15 is 0 Å². The maximum Gasteiger partial charge on any atom is 0.236 e. The van der Waals surface area contributed by atoms with E-state index in [4.69, 9.17) is 0 Å². The summed E-state index contributed by atoms with van der Waals surface area (Å²) in [6.07, 6.45) is 6.74. The Morgan fingerprint density at radius 3 is 2.52 bits per heavy atom. The third-order valence-corrected chi connectivity index (χ3v) is 6.70. The second-order valence-corrected chi connectivity index (χ2v) is 8.47. The zero-order valence-corrected chi connectivity index (χ0v) is 16.8. The molecule has 0 spiro atoms. The topological polar surface area (TPSA) is 44.6 Å². The minimum atomic E-state index is -0.243. The summed E-state index contributed by atoms with van der Waals surface area (Å²) in [5.41, 5.74) is 3.19. The molecule has 154 valence electrons. The molecule has 1 amide bonds. The number of piperazine rings is 1. The SMILES string of the molecule is O=C(CN1CCc2c(cnn2-c2ccc(F)cc2)C1)N1CCN(C2CCC2)CC1. The van der Waals surface area contributed by atoms with Gasteiger partial charge in [0, 0.05) is 63.0 Å². The molecule has 2 aliphatic heterocycles. The smallest absolute Gasteiger partial charge is 0.236 e. The molecular formula is C22H28FN5O. The van der Waals surface area contributed by atoms with E-state index in [1.807, 2.05) is 15.8 Å². The van der Waals surface area contributed by atoms with Crippen LogP contribution in [0.5, 0.6) is 0 Å². The number of hydrogen-bond donors (Lipinski definition) is 0. The number of hydrogen-bond acceptors (Lipinski definition) is 4. The van der Waals surface area contributed by atoms with Gasteiger partial charge in [0.1, 0.15) is 5.82 Å². The molecule has 5 rings (SSSR count). The molecule has 3 heterocycles. The zero-order valence-electron chi connectivity index (χ0n) is 16.8. The molecule has 1 saturated carbocycles. The summed E-state index contributed by atoms with van der Waals surface area (Å²) in [6.45, 7) is 5.81. The molecule has 2 fully saturated rings. The second kappa shape index (κ2) is 7.88. The lowest BCUT2D eigenvalue weighted by molar-refractivity contribution is -0.135. The molecule has 0 unspecified atom stereocenters. The molecule has 0 N–H and O–H groups in total. The van der Waals surface area contributed by atoms with E-state index in [9.17, 15) is 9.18 Å². The van der Waals surface area contributed by atoms with Crippen LogP contribution in [0, 0.1) is 5.82 Å². The lowest BCUT2D eigenvalue weighted by atomic mass is 9.91. The highest BCUT2D eigenvalue weighted by Crippen LogP contribution is 2.26. The van der Waals surface area contributed by atoms with Gasteiger partial charge in [0.2, 0.25) is 5.91 Å². The minimum absolute atomic E-state index is 0.243. The molecule has 7 heteroatoms. The molecule has 6 nitrogen and oxygen atoms in total. The van der Waals surface area contributed by atoms with Crippen molar-refractivity contribution in [3.63, 3.8) is 0 Å². The van der Waals surface area contributed by atoms with Crippen LogP contribution in [0.1, 0.15) is 30.5 Å². The number of halogens is 1. The van der Waals surface area contributed by atoms with Crippen molar-refractivity contribution in [2.75, 3.05) is 39.3 Å². The predicted molar refractivity (Wildman–Crippen MR) is 108 cm³/mol. The first-order valence-electron chi connectivity index (χ1n) is 10.7. The molecule has 0 radical (unpaired) electrons. The van der Waals surface area contributed by atoms with Crippen molar-refractivity contribution < 1.29 is 9.18 Å². The summed E-state index contributed by atoms with van der Waals surface area (Å²) in [7, 11) is 0. The van der Waals surface area contributed by atoms with E-state index in [0.717, 1.165) is 68.7 Å². The van der Waals surface area contributed by atoms with Crippen LogP contribution in [0.25, 0.3) is 5.69 Å². The molecule has 0 bridgehead atoms. The normalized spacial score (nSPS) is 21.1. The van der Waals surface area contributed by atoms with Gasteiger partial charge in [-0.1, -0.05) is 6.42 Å². The molecule has 2 aromatic rings. The van der Waals surface area contributed by atoms with Gasteiger partial charge in [-0.25, -0.2) is 9.07 Å². The number of nitrogens with zero attached hydrogens (tertiary/aromatic N) is 5. The molecule has 1 saturated heterocycles. The van der Waals surface area contributed by atoms with Crippen LogP contribution in [0.4, 0.5) is 4.39 Å². The fraction of sp³-hybridized carbons (Fsp3) is 0.545. The van der Waals surface area contributed by atoms with Crippen molar-refractivity contribution in [1.29, 1.82) is 0 Å². The number of amides is 1. The summed E-state index contributed by atoms with van der Waals surface area (Å²) < 4.78 is 15.1. The van der Waals surface area contributed by atoms with Gasteiger partial charge in [-0.15, -0.1) is 0 Å². The maximum absolute atomic E-state index is 13.2. The first-order valence-corrected chi connectivity index (χ1v) is 10.7. The van der Waals surface area contributed by atoms with E-state index in [-0.39, 0.29) is 11.7 Å². The van der Waals surface area contributed by atoms with Crippen LogP contribution in [-0.4, -0.2) is 75.7 Å². The lowest BCUT2D eigenvalue weighted by Crippen LogP contribution is -2.55.